The molecule has 5 rings (SSSR count). The van der Waals surface area contributed by atoms with Gasteiger partial charge in [0.25, 0.3) is 5.91 Å². The average molecular weight is 445 g/mol. The summed E-state index contributed by atoms with van der Waals surface area (Å²) in [7, 11) is 1.66. The minimum Gasteiger partial charge on any atom is -0.355 e. The molecule has 1 saturated heterocycles. The topological polar surface area (TPSA) is 66.3 Å². The van der Waals surface area contributed by atoms with Crippen molar-refractivity contribution in [2.24, 2.45) is 0 Å². The number of carbonyl (C=O) groups is 1. The van der Waals surface area contributed by atoms with E-state index in [9.17, 15) is 4.79 Å². The molecule has 2 heterocycles. The minimum atomic E-state index is -0.0699. The molecule has 0 radical (unpaired) electrons. The number of benzene rings is 2. The van der Waals surface area contributed by atoms with Gasteiger partial charge in [0.05, 0.1) is 12.6 Å². The molecule has 1 aliphatic carbocycles. The molecule has 7 nitrogen and oxygen atoms in total. The molecular weight excluding hydrogens is 412 g/mol. The number of carbonyl (C=O) groups excluding carboxylic acids is 1. The molecule has 33 heavy (non-hydrogen) atoms. The van der Waals surface area contributed by atoms with Gasteiger partial charge in [-0.15, -0.1) is 10.2 Å². The molecule has 0 spiro atoms. The van der Waals surface area contributed by atoms with Gasteiger partial charge in [0.15, 0.2) is 5.82 Å². The predicted octanol–water partition coefficient (Wildman–Crippen LogP) is 2.95. The minimum absolute atomic E-state index is 0.00140. The number of piperazine rings is 1. The Morgan fingerprint density at radius 2 is 1.76 bits per heavy atom. The first kappa shape index (κ1) is 21.8. The maximum atomic E-state index is 12.1. The fraction of sp³-hybridized carbons (Fsp3) is 0.423. The van der Waals surface area contributed by atoms with E-state index in [1.54, 1.807) is 7.05 Å². The quantitative estimate of drug-likeness (QED) is 0.607. The first-order chi connectivity index (χ1) is 16.2. The van der Waals surface area contributed by atoms with Gasteiger partial charge in [0, 0.05) is 44.8 Å². The molecule has 172 valence electrons. The zero-order valence-corrected chi connectivity index (χ0v) is 19.2. The maximum Gasteiger partial charge on any atom is 0.251 e. The second-order valence-corrected chi connectivity index (χ2v) is 9.06. The summed E-state index contributed by atoms with van der Waals surface area (Å²) in [5.74, 6) is 0.878. The highest BCUT2D eigenvalue weighted by molar-refractivity contribution is 5.93. The van der Waals surface area contributed by atoms with Gasteiger partial charge in [0.1, 0.15) is 6.33 Å². The molecule has 2 aliphatic rings. The van der Waals surface area contributed by atoms with E-state index < -0.39 is 0 Å². The van der Waals surface area contributed by atoms with Crippen molar-refractivity contribution in [2.45, 2.75) is 37.9 Å². The summed E-state index contributed by atoms with van der Waals surface area (Å²) in [5, 5.41) is 11.6. The molecule has 1 amide bonds. The van der Waals surface area contributed by atoms with Crippen molar-refractivity contribution in [3.8, 4) is 0 Å². The number of nitrogens with zero attached hydrogens (tertiary/aromatic N) is 5. The summed E-state index contributed by atoms with van der Waals surface area (Å²) in [6, 6.07) is 19.1. The van der Waals surface area contributed by atoms with Crippen molar-refractivity contribution in [3.63, 3.8) is 0 Å². The average Bonchev–Trinajstić information content (AvgIpc) is 3.27. The predicted molar refractivity (Wildman–Crippen MR) is 128 cm³/mol. The Balaban J connectivity index is 1.43. The van der Waals surface area contributed by atoms with Crippen molar-refractivity contribution < 1.29 is 4.79 Å². The Labute approximate surface area is 195 Å². The van der Waals surface area contributed by atoms with E-state index in [0.29, 0.717) is 5.56 Å². The number of amides is 1. The number of rotatable bonds is 7. The molecule has 1 atom stereocenters. The molecule has 3 aromatic rings. The van der Waals surface area contributed by atoms with Gasteiger partial charge in [-0.1, -0.05) is 48.9 Å². The van der Waals surface area contributed by atoms with Crippen LogP contribution in [-0.2, 0) is 6.54 Å². The van der Waals surface area contributed by atoms with E-state index in [1.807, 2.05) is 24.5 Å². The monoisotopic (exact) mass is 444 g/mol. The molecule has 1 aromatic heterocycles. The highest BCUT2D eigenvalue weighted by atomic mass is 16.1. The van der Waals surface area contributed by atoms with Crippen LogP contribution in [0.15, 0.2) is 60.9 Å². The van der Waals surface area contributed by atoms with Crippen LogP contribution < -0.4 is 5.32 Å². The van der Waals surface area contributed by atoms with Crippen LogP contribution in [0.2, 0.25) is 0 Å². The van der Waals surface area contributed by atoms with Crippen molar-refractivity contribution >= 4 is 5.91 Å². The van der Waals surface area contributed by atoms with E-state index in [4.69, 9.17) is 0 Å². The molecule has 2 aromatic carbocycles. The first-order valence-corrected chi connectivity index (χ1v) is 11.9. The molecule has 2 fully saturated rings. The van der Waals surface area contributed by atoms with Crippen molar-refractivity contribution in [1.29, 1.82) is 0 Å². The van der Waals surface area contributed by atoms with Crippen LogP contribution in [0.4, 0.5) is 0 Å². The van der Waals surface area contributed by atoms with Crippen LogP contribution in [0, 0.1) is 0 Å². The van der Waals surface area contributed by atoms with Gasteiger partial charge in [-0.3, -0.25) is 14.6 Å². The van der Waals surface area contributed by atoms with Crippen LogP contribution >= 0.6 is 0 Å². The summed E-state index contributed by atoms with van der Waals surface area (Å²) in [6.07, 6.45) is 5.89. The largest absolute Gasteiger partial charge is 0.355 e. The third kappa shape index (κ3) is 4.70. The zero-order valence-electron chi connectivity index (χ0n) is 19.2. The first-order valence-electron chi connectivity index (χ1n) is 11.9. The fourth-order valence-corrected chi connectivity index (χ4v) is 4.97. The number of aromatic nitrogens is 3. The normalized spacial score (nSPS) is 18.6. The number of hydrogen-bond acceptors (Lipinski definition) is 5. The molecule has 1 unspecified atom stereocenters. The lowest BCUT2D eigenvalue weighted by atomic mass is 9.91. The Kier molecular flexibility index (Phi) is 6.51. The van der Waals surface area contributed by atoms with Gasteiger partial charge < -0.3 is 9.88 Å². The second-order valence-electron chi connectivity index (χ2n) is 9.06. The van der Waals surface area contributed by atoms with Crippen LogP contribution in [0.1, 0.15) is 52.6 Å². The molecule has 1 N–H and O–H groups in total. The molecular formula is C26H32N6O. The smallest absolute Gasteiger partial charge is 0.251 e. The van der Waals surface area contributed by atoms with E-state index in [1.165, 1.54) is 24.8 Å². The molecule has 7 heteroatoms. The van der Waals surface area contributed by atoms with Crippen LogP contribution in [0.3, 0.4) is 0 Å². The van der Waals surface area contributed by atoms with Gasteiger partial charge in [-0.2, -0.15) is 0 Å². The maximum absolute atomic E-state index is 12.1. The third-order valence-electron chi connectivity index (χ3n) is 7.11. The zero-order chi connectivity index (χ0) is 22.6. The van der Waals surface area contributed by atoms with Crippen LogP contribution in [0.5, 0.6) is 0 Å². The van der Waals surface area contributed by atoms with Crippen LogP contribution in [0.25, 0.3) is 0 Å². The highest BCUT2D eigenvalue weighted by Gasteiger charge is 2.33. The van der Waals surface area contributed by atoms with Crippen LogP contribution in [-0.4, -0.2) is 69.7 Å². The Hall–Kier alpha value is -3.03. The van der Waals surface area contributed by atoms with Gasteiger partial charge in [-0.25, -0.2) is 0 Å². The summed E-state index contributed by atoms with van der Waals surface area (Å²) in [4.78, 5) is 17.2. The van der Waals surface area contributed by atoms with E-state index in [-0.39, 0.29) is 11.9 Å². The van der Waals surface area contributed by atoms with Crippen molar-refractivity contribution in [3.05, 3.63) is 83.4 Å². The molecule has 1 aliphatic heterocycles. The van der Waals surface area contributed by atoms with Crippen molar-refractivity contribution in [1.82, 2.24) is 29.9 Å². The standard InChI is InChI=1S/C26H32N6O/c1-27-26(33)22-12-10-21(11-13-22)24(31-16-14-30(15-17-31)23-8-5-9-23)25-29-28-19-32(25)18-20-6-3-2-4-7-20/h2-4,6-7,10-13,19,23-24H,5,8-9,14-18H2,1H3,(H,27,33). The summed E-state index contributed by atoms with van der Waals surface area (Å²) in [6.45, 7) is 4.90. The fourth-order valence-electron chi connectivity index (χ4n) is 4.97. The second kappa shape index (κ2) is 9.85. The molecule has 1 saturated carbocycles. The lowest BCUT2D eigenvalue weighted by molar-refractivity contribution is 0.0476. The number of nitrogens with one attached hydrogen (secondary N) is 1. The Morgan fingerprint density at radius 1 is 1.03 bits per heavy atom. The van der Waals surface area contributed by atoms with Crippen molar-refractivity contribution in [2.75, 3.05) is 33.2 Å². The SMILES string of the molecule is CNC(=O)c1ccc(C(c2nncn2Cc2ccccc2)N2CCN(C3CCC3)CC2)cc1. The van der Waals surface area contributed by atoms with Gasteiger partial charge in [-0.05, 0) is 36.1 Å². The van der Waals surface area contributed by atoms with E-state index in [2.05, 4.69) is 66.3 Å². The summed E-state index contributed by atoms with van der Waals surface area (Å²) in [5.41, 5.74) is 3.03. The van der Waals surface area contributed by atoms with Gasteiger partial charge in [0.2, 0.25) is 0 Å². The van der Waals surface area contributed by atoms with E-state index >= 15 is 0 Å². The number of hydrogen-bond donors (Lipinski definition) is 1. The lowest BCUT2D eigenvalue weighted by Crippen LogP contribution is -2.53. The highest BCUT2D eigenvalue weighted by Crippen LogP contribution is 2.31. The van der Waals surface area contributed by atoms with E-state index in [0.717, 1.165) is 50.2 Å². The van der Waals surface area contributed by atoms with Gasteiger partial charge >= 0.3 is 0 Å². The Bertz CT molecular complexity index is 1050. The Morgan fingerprint density at radius 3 is 2.39 bits per heavy atom. The third-order valence-corrected chi connectivity index (χ3v) is 7.11. The summed E-state index contributed by atoms with van der Waals surface area (Å²) >= 11 is 0. The lowest BCUT2D eigenvalue weighted by Gasteiger charge is -2.44. The summed E-state index contributed by atoms with van der Waals surface area (Å²) < 4.78 is 2.16. The molecule has 0 bridgehead atoms.